The molecule has 1 aliphatic heterocycles. The highest BCUT2D eigenvalue weighted by atomic mass is 19.4. The van der Waals surface area contributed by atoms with Crippen LogP contribution in [0.3, 0.4) is 0 Å². The highest BCUT2D eigenvalue weighted by Crippen LogP contribution is 2.30. The molecule has 0 atom stereocenters. The first-order chi connectivity index (χ1) is 13.8. The first kappa shape index (κ1) is 19.0. The van der Waals surface area contributed by atoms with Crippen LogP contribution >= 0.6 is 0 Å². The van der Waals surface area contributed by atoms with Crippen molar-refractivity contribution in [2.24, 2.45) is 0 Å². The van der Waals surface area contributed by atoms with Gasteiger partial charge in [-0.3, -0.25) is 9.59 Å². The van der Waals surface area contributed by atoms with Gasteiger partial charge >= 0.3 is 6.18 Å². The van der Waals surface area contributed by atoms with Crippen molar-refractivity contribution >= 4 is 11.6 Å². The summed E-state index contributed by atoms with van der Waals surface area (Å²) in [4.78, 5) is 27.4. The molecule has 29 heavy (non-hydrogen) atoms. The smallest absolute Gasteiger partial charge is 0.310 e. The second kappa shape index (κ2) is 7.24. The number of carbonyl (C=O) groups is 1. The number of anilines is 1. The highest BCUT2D eigenvalue weighted by Gasteiger charge is 2.30. The Labute approximate surface area is 164 Å². The Morgan fingerprint density at radius 2 is 1.79 bits per heavy atom. The molecule has 1 amide bonds. The van der Waals surface area contributed by atoms with E-state index in [1.165, 1.54) is 29.0 Å². The zero-order valence-corrected chi connectivity index (χ0v) is 15.3. The maximum Gasteiger partial charge on any atom is 0.416 e. The summed E-state index contributed by atoms with van der Waals surface area (Å²) in [5, 5.41) is 0. The molecule has 0 fully saturated rings. The second-order valence-electron chi connectivity index (χ2n) is 6.89. The van der Waals surface area contributed by atoms with Gasteiger partial charge in [0.05, 0.1) is 12.1 Å². The van der Waals surface area contributed by atoms with Crippen LogP contribution < -0.4 is 10.5 Å². The Morgan fingerprint density at radius 1 is 1.00 bits per heavy atom. The summed E-state index contributed by atoms with van der Waals surface area (Å²) in [7, 11) is 0. The second-order valence-corrected chi connectivity index (χ2v) is 6.89. The number of rotatable bonds is 3. The van der Waals surface area contributed by atoms with Gasteiger partial charge in [0.2, 0.25) is 0 Å². The van der Waals surface area contributed by atoms with Gasteiger partial charge in [-0.15, -0.1) is 0 Å². The van der Waals surface area contributed by atoms with Crippen LogP contribution in [0.4, 0.5) is 18.9 Å². The van der Waals surface area contributed by atoms with Gasteiger partial charge in [-0.2, -0.15) is 13.2 Å². The standard InChI is InChI=1S/C22H17F3N2O2/c23-22(24,25)17-7-3-5-15(13-17)14-26-11-4-8-18(20(26)28)21(29)27-12-10-16-6-1-2-9-19(16)27/h1-9,11,13H,10,12,14H2. The molecule has 2 heterocycles. The average molecular weight is 398 g/mol. The fourth-order valence-corrected chi connectivity index (χ4v) is 3.56. The molecular formula is C22H17F3N2O2. The Hall–Kier alpha value is -3.35. The number of pyridine rings is 1. The number of fused-ring (bicyclic) bond motifs is 1. The molecule has 1 aliphatic rings. The number of nitrogens with zero attached hydrogens (tertiary/aromatic N) is 2. The van der Waals surface area contributed by atoms with Crippen LogP contribution in [0.25, 0.3) is 0 Å². The maximum absolute atomic E-state index is 13.0. The van der Waals surface area contributed by atoms with Crippen molar-refractivity contribution in [3.05, 3.63) is 99.5 Å². The Kier molecular flexibility index (Phi) is 4.74. The number of benzene rings is 2. The fraction of sp³-hybridized carbons (Fsp3) is 0.182. The summed E-state index contributed by atoms with van der Waals surface area (Å²) in [6, 6.07) is 15.3. The van der Waals surface area contributed by atoms with E-state index in [-0.39, 0.29) is 12.1 Å². The van der Waals surface area contributed by atoms with Gasteiger partial charge < -0.3 is 9.47 Å². The van der Waals surface area contributed by atoms with Gasteiger partial charge in [-0.25, -0.2) is 0 Å². The van der Waals surface area contributed by atoms with E-state index in [1.807, 2.05) is 24.3 Å². The Balaban J connectivity index is 1.64. The van der Waals surface area contributed by atoms with Crippen LogP contribution in [0, 0.1) is 0 Å². The summed E-state index contributed by atoms with van der Waals surface area (Å²) in [6.07, 6.45) is -2.27. The number of carbonyl (C=O) groups excluding carboxylic acids is 1. The van der Waals surface area contributed by atoms with E-state index < -0.39 is 23.2 Å². The lowest BCUT2D eigenvalue weighted by Gasteiger charge is -2.17. The molecular weight excluding hydrogens is 381 g/mol. The van der Waals surface area contributed by atoms with E-state index in [1.54, 1.807) is 11.0 Å². The van der Waals surface area contributed by atoms with Crippen LogP contribution in [0.1, 0.15) is 27.0 Å². The molecule has 7 heteroatoms. The molecule has 1 aromatic heterocycles. The zero-order chi connectivity index (χ0) is 20.6. The van der Waals surface area contributed by atoms with Crippen molar-refractivity contribution in [3.8, 4) is 0 Å². The van der Waals surface area contributed by atoms with Crippen LogP contribution in [0.5, 0.6) is 0 Å². The molecule has 2 aromatic carbocycles. The minimum Gasteiger partial charge on any atom is -0.310 e. The van der Waals surface area contributed by atoms with Crippen molar-refractivity contribution in [3.63, 3.8) is 0 Å². The summed E-state index contributed by atoms with van der Waals surface area (Å²) in [6.45, 7) is 0.431. The molecule has 0 unspecified atom stereocenters. The largest absolute Gasteiger partial charge is 0.416 e. The minimum absolute atomic E-state index is 0.00354. The van der Waals surface area contributed by atoms with E-state index in [2.05, 4.69) is 0 Å². The predicted molar refractivity (Wildman–Crippen MR) is 103 cm³/mol. The van der Waals surface area contributed by atoms with Crippen molar-refractivity contribution in [1.82, 2.24) is 4.57 Å². The van der Waals surface area contributed by atoms with E-state index in [9.17, 15) is 22.8 Å². The van der Waals surface area contributed by atoms with Crippen LogP contribution in [0.15, 0.2) is 71.7 Å². The third-order valence-electron chi connectivity index (χ3n) is 4.99. The molecule has 0 spiro atoms. The van der Waals surface area contributed by atoms with Crippen LogP contribution in [-0.2, 0) is 19.1 Å². The van der Waals surface area contributed by atoms with Crippen molar-refractivity contribution < 1.29 is 18.0 Å². The van der Waals surface area contributed by atoms with E-state index in [4.69, 9.17) is 0 Å². The van der Waals surface area contributed by atoms with Gasteiger partial charge in [0, 0.05) is 18.4 Å². The Bertz CT molecular complexity index is 1140. The summed E-state index contributed by atoms with van der Waals surface area (Å²) >= 11 is 0. The topological polar surface area (TPSA) is 42.3 Å². The number of halogens is 3. The molecule has 0 saturated carbocycles. The molecule has 0 aliphatic carbocycles. The zero-order valence-electron chi connectivity index (χ0n) is 15.3. The van der Waals surface area contributed by atoms with Gasteiger partial charge in [0.15, 0.2) is 0 Å². The molecule has 148 valence electrons. The number of hydrogen-bond donors (Lipinski definition) is 0. The van der Waals surface area contributed by atoms with Gasteiger partial charge in [-0.05, 0) is 47.9 Å². The lowest BCUT2D eigenvalue weighted by atomic mass is 10.1. The molecule has 3 aromatic rings. The fourth-order valence-electron chi connectivity index (χ4n) is 3.56. The average Bonchev–Trinajstić information content (AvgIpc) is 3.13. The third-order valence-corrected chi connectivity index (χ3v) is 4.99. The summed E-state index contributed by atoms with van der Waals surface area (Å²) in [5.41, 5.74) is 0.851. The normalized spacial score (nSPS) is 13.4. The quantitative estimate of drug-likeness (QED) is 0.666. The Morgan fingerprint density at radius 3 is 2.59 bits per heavy atom. The van der Waals surface area contributed by atoms with Crippen LogP contribution in [0.2, 0.25) is 0 Å². The summed E-state index contributed by atoms with van der Waals surface area (Å²) < 4.78 is 40.0. The number of amides is 1. The van der Waals surface area contributed by atoms with Gasteiger partial charge in [-0.1, -0.05) is 30.3 Å². The predicted octanol–water partition coefficient (Wildman–Crippen LogP) is 4.12. The first-order valence-electron chi connectivity index (χ1n) is 9.10. The van der Waals surface area contributed by atoms with E-state index in [0.717, 1.165) is 23.4 Å². The summed E-state index contributed by atoms with van der Waals surface area (Å²) in [5.74, 6) is -0.404. The van der Waals surface area contributed by atoms with Crippen molar-refractivity contribution in [2.45, 2.75) is 19.1 Å². The number of alkyl halides is 3. The molecule has 0 bridgehead atoms. The van der Waals surface area contributed by atoms with Crippen molar-refractivity contribution in [2.75, 3.05) is 11.4 Å². The SMILES string of the molecule is O=C(c1cccn(Cc2cccc(C(F)(F)F)c2)c1=O)N1CCc2ccccc21. The first-order valence-corrected chi connectivity index (χ1v) is 9.10. The molecule has 0 saturated heterocycles. The van der Waals surface area contributed by atoms with Crippen molar-refractivity contribution in [1.29, 1.82) is 0 Å². The molecule has 0 N–H and O–H groups in total. The monoisotopic (exact) mass is 398 g/mol. The number of para-hydroxylation sites is 1. The minimum atomic E-state index is -4.46. The number of hydrogen-bond acceptors (Lipinski definition) is 2. The molecule has 0 radical (unpaired) electrons. The lowest BCUT2D eigenvalue weighted by molar-refractivity contribution is -0.137. The maximum atomic E-state index is 13.0. The molecule has 4 rings (SSSR count). The highest BCUT2D eigenvalue weighted by molar-refractivity contribution is 6.07. The van der Waals surface area contributed by atoms with E-state index in [0.29, 0.717) is 18.5 Å². The lowest BCUT2D eigenvalue weighted by Crippen LogP contribution is -2.35. The van der Waals surface area contributed by atoms with Gasteiger partial charge in [0.25, 0.3) is 11.5 Å². The van der Waals surface area contributed by atoms with Crippen LogP contribution in [-0.4, -0.2) is 17.0 Å². The van der Waals surface area contributed by atoms with Gasteiger partial charge in [0.1, 0.15) is 5.56 Å². The number of aromatic nitrogens is 1. The molecule has 4 nitrogen and oxygen atoms in total. The third kappa shape index (κ3) is 3.68. The van der Waals surface area contributed by atoms with E-state index >= 15 is 0 Å².